The fraction of sp³-hybridized carbons (Fsp3) is 1.00. The Hall–Kier alpha value is -0.240. The second-order valence-corrected chi connectivity index (χ2v) is 5.13. The lowest BCUT2D eigenvalue weighted by atomic mass is 10.2. The van der Waals surface area contributed by atoms with Gasteiger partial charge in [-0.25, -0.2) is 0 Å². The van der Waals surface area contributed by atoms with Gasteiger partial charge in [-0.15, -0.1) is 0 Å². The van der Waals surface area contributed by atoms with Gasteiger partial charge >= 0.3 is 0 Å². The van der Waals surface area contributed by atoms with Gasteiger partial charge in [0.05, 0.1) is 0 Å². The number of hydrogen-bond donors (Lipinski definition) is 0. The van der Waals surface area contributed by atoms with Crippen LogP contribution in [-0.4, -0.2) is 53.1 Å². The lowest BCUT2D eigenvalue weighted by molar-refractivity contribution is -0.379. The van der Waals surface area contributed by atoms with Gasteiger partial charge < -0.3 is 28.4 Å². The summed E-state index contributed by atoms with van der Waals surface area (Å²) in [6, 6.07) is 0. The minimum absolute atomic E-state index is 0.611. The molecule has 0 amide bonds. The van der Waals surface area contributed by atoms with Crippen LogP contribution in [0.5, 0.6) is 0 Å². The minimum Gasteiger partial charge on any atom is -0.331 e. The third-order valence-corrected chi connectivity index (χ3v) is 3.42. The number of rotatable bonds is 14. The molecular weight excluding hydrogens is 312 g/mol. The van der Waals surface area contributed by atoms with E-state index in [-0.39, 0.29) is 0 Å². The first-order chi connectivity index (χ1) is 11.5. The van der Waals surface area contributed by atoms with Crippen molar-refractivity contribution >= 4 is 0 Å². The van der Waals surface area contributed by atoms with Crippen molar-refractivity contribution in [2.24, 2.45) is 0 Å². The molecule has 0 rings (SSSR count). The minimum atomic E-state index is -0.823. The summed E-state index contributed by atoms with van der Waals surface area (Å²) in [7, 11) is 4.76. The highest BCUT2D eigenvalue weighted by Gasteiger charge is 2.31. The highest BCUT2D eigenvalue weighted by Crippen LogP contribution is 2.22. The Labute approximate surface area is 149 Å². The molecule has 6 heteroatoms. The lowest BCUT2D eigenvalue weighted by Crippen LogP contribution is -2.39. The van der Waals surface area contributed by atoms with Gasteiger partial charge in [0.25, 0.3) is 11.9 Å². The summed E-state index contributed by atoms with van der Waals surface area (Å²) in [5.74, 6) is -1.62. The third kappa shape index (κ3) is 10.6. The molecule has 0 unspecified atom stereocenters. The lowest BCUT2D eigenvalue weighted by Gasteiger charge is -2.31. The number of methoxy groups -OCH3 is 3. The zero-order chi connectivity index (χ0) is 18.9. The van der Waals surface area contributed by atoms with Gasteiger partial charge in [-0.3, -0.25) is 0 Å². The summed E-state index contributed by atoms with van der Waals surface area (Å²) in [6.07, 6.45) is 4.68. The number of hydrogen-bond acceptors (Lipinski definition) is 6. The molecule has 24 heavy (non-hydrogen) atoms. The Morgan fingerprint density at radius 2 is 0.958 bits per heavy atom. The molecule has 0 heterocycles. The van der Waals surface area contributed by atoms with Gasteiger partial charge in [0, 0.05) is 54.0 Å². The van der Waals surface area contributed by atoms with Gasteiger partial charge in [0.15, 0.2) is 0 Å². The van der Waals surface area contributed by atoms with E-state index in [9.17, 15) is 0 Å². The molecule has 0 spiro atoms. The van der Waals surface area contributed by atoms with Crippen LogP contribution >= 0.6 is 0 Å². The van der Waals surface area contributed by atoms with Crippen LogP contribution in [0.25, 0.3) is 0 Å². The zero-order valence-corrected chi connectivity index (χ0v) is 17.1. The largest absolute Gasteiger partial charge is 0.331 e. The second-order valence-electron chi connectivity index (χ2n) is 5.13. The molecule has 148 valence electrons. The van der Waals surface area contributed by atoms with E-state index in [0.717, 1.165) is 32.1 Å². The standard InChI is InChI=1S/C10H22O3.C8H18O3/c1-5-9-10(11-6-2,12-7-3)13-8-4;1-5-6-7-8(9-2,10-3)11-4/h5-9H2,1-4H3;5-7H2,1-4H3. The van der Waals surface area contributed by atoms with Crippen molar-refractivity contribution in [1.29, 1.82) is 0 Å². The van der Waals surface area contributed by atoms with Crippen molar-refractivity contribution in [2.45, 2.75) is 78.7 Å². The molecule has 0 atom stereocenters. The zero-order valence-electron chi connectivity index (χ0n) is 17.1. The van der Waals surface area contributed by atoms with Crippen LogP contribution in [0.1, 0.15) is 66.7 Å². The van der Waals surface area contributed by atoms with E-state index in [1.807, 2.05) is 20.8 Å². The SMILES string of the molecule is CCCC(OCC)(OCC)OCC.CCCCC(OC)(OC)OC. The van der Waals surface area contributed by atoms with E-state index in [2.05, 4.69) is 13.8 Å². The van der Waals surface area contributed by atoms with Crippen LogP contribution in [0.2, 0.25) is 0 Å². The summed E-state index contributed by atoms with van der Waals surface area (Å²) in [5, 5.41) is 0. The fourth-order valence-corrected chi connectivity index (χ4v) is 2.26. The Morgan fingerprint density at radius 3 is 1.21 bits per heavy atom. The van der Waals surface area contributed by atoms with E-state index in [4.69, 9.17) is 28.4 Å². The second kappa shape index (κ2) is 16.2. The molecule has 0 fully saturated rings. The Kier molecular flexibility index (Phi) is 17.6. The van der Waals surface area contributed by atoms with Crippen molar-refractivity contribution < 1.29 is 28.4 Å². The van der Waals surface area contributed by atoms with E-state index in [0.29, 0.717) is 19.8 Å². The average Bonchev–Trinajstić information content (AvgIpc) is 2.58. The summed E-state index contributed by atoms with van der Waals surface area (Å²) in [6.45, 7) is 11.9. The molecule has 0 aliphatic heterocycles. The molecule has 0 N–H and O–H groups in total. The summed E-state index contributed by atoms with van der Waals surface area (Å²) in [4.78, 5) is 0. The fourth-order valence-electron chi connectivity index (χ4n) is 2.26. The smallest absolute Gasteiger partial charge is 0.282 e. The van der Waals surface area contributed by atoms with Crippen molar-refractivity contribution in [3.05, 3.63) is 0 Å². The van der Waals surface area contributed by atoms with Gasteiger partial charge in [-0.2, -0.15) is 0 Å². The van der Waals surface area contributed by atoms with Crippen LogP contribution in [0.4, 0.5) is 0 Å². The molecule has 0 aliphatic rings. The van der Waals surface area contributed by atoms with Crippen LogP contribution < -0.4 is 0 Å². The summed E-state index contributed by atoms with van der Waals surface area (Å²) < 4.78 is 31.8. The Balaban J connectivity index is 0. The monoisotopic (exact) mass is 352 g/mol. The normalized spacial score (nSPS) is 12.0. The predicted octanol–water partition coefficient (Wildman–Crippen LogP) is 4.32. The molecule has 0 saturated carbocycles. The van der Waals surface area contributed by atoms with Crippen LogP contribution in [0, 0.1) is 0 Å². The number of ether oxygens (including phenoxy) is 6. The van der Waals surface area contributed by atoms with E-state index in [1.165, 1.54) is 0 Å². The first-order valence-electron chi connectivity index (χ1n) is 9.06. The molecule has 0 radical (unpaired) electrons. The molecule has 6 nitrogen and oxygen atoms in total. The van der Waals surface area contributed by atoms with E-state index >= 15 is 0 Å². The predicted molar refractivity (Wildman–Crippen MR) is 95.8 cm³/mol. The molecule has 0 aromatic carbocycles. The van der Waals surface area contributed by atoms with E-state index in [1.54, 1.807) is 21.3 Å². The van der Waals surface area contributed by atoms with Crippen molar-refractivity contribution in [1.82, 2.24) is 0 Å². The molecule has 0 saturated heterocycles. The van der Waals surface area contributed by atoms with Crippen molar-refractivity contribution in [2.75, 3.05) is 41.2 Å². The maximum absolute atomic E-state index is 5.51. The maximum atomic E-state index is 5.51. The van der Waals surface area contributed by atoms with Crippen molar-refractivity contribution in [3.63, 3.8) is 0 Å². The van der Waals surface area contributed by atoms with Crippen LogP contribution in [0.3, 0.4) is 0 Å². The third-order valence-electron chi connectivity index (χ3n) is 3.42. The highest BCUT2D eigenvalue weighted by molar-refractivity contribution is 4.56. The Bertz CT molecular complexity index is 218. The molecular formula is C18H40O6. The van der Waals surface area contributed by atoms with Crippen LogP contribution in [0.15, 0.2) is 0 Å². The summed E-state index contributed by atoms with van der Waals surface area (Å²) >= 11 is 0. The maximum Gasteiger partial charge on any atom is 0.282 e. The molecule has 0 aromatic rings. The Morgan fingerprint density at radius 1 is 0.542 bits per heavy atom. The van der Waals surface area contributed by atoms with Gasteiger partial charge in [-0.1, -0.05) is 20.3 Å². The summed E-state index contributed by atoms with van der Waals surface area (Å²) in [5.41, 5.74) is 0. The molecule has 0 bridgehead atoms. The average molecular weight is 353 g/mol. The topological polar surface area (TPSA) is 55.4 Å². The van der Waals surface area contributed by atoms with Gasteiger partial charge in [-0.05, 0) is 33.6 Å². The number of unbranched alkanes of at least 4 members (excludes halogenated alkanes) is 1. The van der Waals surface area contributed by atoms with Crippen molar-refractivity contribution in [3.8, 4) is 0 Å². The molecule has 0 aliphatic carbocycles. The van der Waals surface area contributed by atoms with Gasteiger partial charge in [0.2, 0.25) is 0 Å². The van der Waals surface area contributed by atoms with E-state index < -0.39 is 11.9 Å². The first kappa shape index (κ1) is 26.0. The first-order valence-corrected chi connectivity index (χ1v) is 9.06. The van der Waals surface area contributed by atoms with Crippen LogP contribution in [-0.2, 0) is 28.4 Å². The quantitative estimate of drug-likeness (QED) is 0.434. The van der Waals surface area contributed by atoms with Gasteiger partial charge in [0.1, 0.15) is 0 Å². The molecule has 0 aromatic heterocycles. The highest BCUT2D eigenvalue weighted by atomic mass is 16.9.